The zero-order valence-corrected chi connectivity index (χ0v) is 13.2. The van der Waals surface area contributed by atoms with Gasteiger partial charge in [0.25, 0.3) is 0 Å². The van der Waals surface area contributed by atoms with Crippen molar-refractivity contribution in [3.05, 3.63) is 11.3 Å². The van der Waals surface area contributed by atoms with Crippen molar-refractivity contribution >= 4 is 0 Å². The van der Waals surface area contributed by atoms with Crippen molar-refractivity contribution in [2.24, 2.45) is 35.0 Å². The maximum Gasteiger partial charge on any atom is 0.0948 e. The molecule has 0 aromatic rings. The molecule has 1 unspecified atom stereocenters. The van der Waals surface area contributed by atoms with Crippen LogP contribution in [0.1, 0.15) is 71.6 Å². The minimum Gasteiger partial charge on any atom is -0.512 e. The molecule has 1 N–H and O–H groups in total. The molecule has 3 saturated carbocycles. The highest BCUT2D eigenvalue weighted by Crippen LogP contribution is 2.62. The lowest BCUT2D eigenvalue weighted by Crippen LogP contribution is -2.47. The highest BCUT2D eigenvalue weighted by atomic mass is 16.3. The van der Waals surface area contributed by atoms with Gasteiger partial charge in [0, 0.05) is 5.92 Å². The lowest BCUT2D eigenvalue weighted by Gasteiger charge is -2.54. The minimum atomic E-state index is 0.535. The molecule has 0 radical (unpaired) electrons. The van der Waals surface area contributed by atoms with E-state index < -0.39 is 0 Å². The van der Waals surface area contributed by atoms with Gasteiger partial charge in [0.15, 0.2) is 0 Å². The standard InChI is InChI=1S/C19H30O/c1-12-5-6-13-7-8-14-15(17(13)18(12)20)9-11-19(2)10-3-4-16(14)19/h13-17,20H,3-11H2,1-2H3/t13?,14-,15+,16+,17+,19+/m1/s1. The van der Waals surface area contributed by atoms with Crippen molar-refractivity contribution in [3.63, 3.8) is 0 Å². The second-order valence-electron chi connectivity index (χ2n) is 8.59. The second-order valence-corrected chi connectivity index (χ2v) is 8.59. The summed E-state index contributed by atoms with van der Waals surface area (Å²) in [6.45, 7) is 4.73. The van der Waals surface area contributed by atoms with Gasteiger partial charge in [0.1, 0.15) is 0 Å². The average molecular weight is 274 g/mol. The normalized spacial score (nSPS) is 51.4. The summed E-state index contributed by atoms with van der Waals surface area (Å²) >= 11 is 0. The first-order valence-electron chi connectivity index (χ1n) is 8.99. The molecule has 0 aliphatic heterocycles. The Kier molecular flexibility index (Phi) is 2.98. The Morgan fingerprint density at radius 3 is 2.70 bits per heavy atom. The van der Waals surface area contributed by atoms with Gasteiger partial charge >= 0.3 is 0 Å². The summed E-state index contributed by atoms with van der Waals surface area (Å²) in [7, 11) is 0. The van der Waals surface area contributed by atoms with E-state index in [4.69, 9.17) is 0 Å². The van der Waals surface area contributed by atoms with Gasteiger partial charge in [-0.25, -0.2) is 0 Å². The monoisotopic (exact) mass is 274 g/mol. The average Bonchev–Trinajstić information content (AvgIpc) is 2.84. The lowest BCUT2D eigenvalue weighted by atomic mass is 9.51. The molecule has 0 heterocycles. The van der Waals surface area contributed by atoms with Gasteiger partial charge in [0.05, 0.1) is 5.76 Å². The first kappa shape index (κ1) is 13.2. The summed E-state index contributed by atoms with van der Waals surface area (Å²) in [4.78, 5) is 0. The van der Waals surface area contributed by atoms with E-state index in [1.54, 1.807) is 0 Å². The molecule has 20 heavy (non-hydrogen) atoms. The molecule has 1 nitrogen and oxygen atoms in total. The summed E-state index contributed by atoms with van der Waals surface area (Å²) < 4.78 is 0. The molecule has 0 spiro atoms. The van der Waals surface area contributed by atoms with Crippen molar-refractivity contribution in [1.82, 2.24) is 0 Å². The molecule has 1 heteroatoms. The predicted octanol–water partition coefficient (Wildman–Crippen LogP) is 5.47. The third kappa shape index (κ3) is 1.74. The summed E-state index contributed by atoms with van der Waals surface area (Å²) in [6.07, 6.45) is 12.5. The summed E-state index contributed by atoms with van der Waals surface area (Å²) in [5.41, 5.74) is 1.95. The molecule has 6 atom stereocenters. The second kappa shape index (κ2) is 4.52. The molecule has 3 fully saturated rings. The number of hydrogen-bond acceptors (Lipinski definition) is 1. The zero-order valence-electron chi connectivity index (χ0n) is 13.2. The largest absolute Gasteiger partial charge is 0.512 e. The van der Waals surface area contributed by atoms with Crippen LogP contribution < -0.4 is 0 Å². The van der Waals surface area contributed by atoms with Crippen LogP contribution in [0.15, 0.2) is 11.3 Å². The van der Waals surface area contributed by atoms with Gasteiger partial charge in [-0.15, -0.1) is 0 Å². The first-order valence-corrected chi connectivity index (χ1v) is 8.99. The van der Waals surface area contributed by atoms with Gasteiger partial charge in [-0.1, -0.05) is 13.3 Å². The maximum atomic E-state index is 10.7. The Morgan fingerprint density at radius 2 is 1.85 bits per heavy atom. The molecular formula is C19H30O. The third-order valence-corrected chi connectivity index (χ3v) is 7.76. The van der Waals surface area contributed by atoms with E-state index in [-0.39, 0.29) is 0 Å². The van der Waals surface area contributed by atoms with E-state index >= 15 is 0 Å². The van der Waals surface area contributed by atoms with Crippen LogP contribution in [0.5, 0.6) is 0 Å². The Bertz CT molecular complexity index is 437. The molecule has 0 bridgehead atoms. The number of allylic oxidation sites excluding steroid dienone is 2. The molecule has 4 aliphatic carbocycles. The summed E-state index contributed by atoms with van der Waals surface area (Å²) in [6, 6.07) is 0. The minimum absolute atomic E-state index is 0.535. The fraction of sp³-hybridized carbons (Fsp3) is 0.895. The Balaban J connectivity index is 1.66. The van der Waals surface area contributed by atoms with Gasteiger partial charge < -0.3 is 5.11 Å². The third-order valence-electron chi connectivity index (χ3n) is 7.76. The van der Waals surface area contributed by atoms with E-state index in [2.05, 4.69) is 13.8 Å². The highest BCUT2D eigenvalue weighted by Gasteiger charge is 2.54. The zero-order chi connectivity index (χ0) is 13.9. The van der Waals surface area contributed by atoms with Crippen molar-refractivity contribution in [2.75, 3.05) is 0 Å². The maximum absolute atomic E-state index is 10.7. The van der Waals surface area contributed by atoms with E-state index in [9.17, 15) is 5.11 Å². The molecule has 4 aliphatic rings. The number of aliphatic hydroxyl groups is 1. The van der Waals surface area contributed by atoms with Gasteiger partial charge in [-0.05, 0) is 93.0 Å². The van der Waals surface area contributed by atoms with Crippen LogP contribution in [0.4, 0.5) is 0 Å². The van der Waals surface area contributed by atoms with E-state index in [1.165, 1.54) is 56.9 Å². The molecule has 0 aromatic heterocycles. The topological polar surface area (TPSA) is 20.2 Å². The molecule has 0 saturated heterocycles. The van der Waals surface area contributed by atoms with E-state index in [0.717, 1.165) is 35.9 Å². The highest BCUT2D eigenvalue weighted by molar-refractivity contribution is 5.17. The predicted molar refractivity (Wildman–Crippen MR) is 82.4 cm³/mol. The molecule has 0 amide bonds. The van der Waals surface area contributed by atoms with Crippen LogP contribution in [-0.4, -0.2) is 5.11 Å². The van der Waals surface area contributed by atoms with Crippen LogP contribution in [0.2, 0.25) is 0 Å². The van der Waals surface area contributed by atoms with Crippen LogP contribution in [0.25, 0.3) is 0 Å². The fourth-order valence-electron chi connectivity index (χ4n) is 6.67. The van der Waals surface area contributed by atoms with Gasteiger partial charge in [0.2, 0.25) is 0 Å². The number of fused-ring (bicyclic) bond motifs is 5. The number of hydrogen-bond donors (Lipinski definition) is 1. The Morgan fingerprint density at radius 1 is 1.00 bits per heavy atom. The van der Waals surface area contributed by atoms with E-state index in [0.29, 0.717) is 11.3 Å². The Hall–Kier alpha value is -0.460. The van der Waals surface area contributed by atoms with Crippen LogP contribution in [-0.2, 0) is 0 Å². The summed E-state index contributed by atoms with van der Waals surface area (Å²) in [5.74, 6) is 4.85. The van der Waals surface area contributed by atoms with Gasteiger partial charge in [-0.3, -0.25) is 0 Å². The van der Waals surface area contributed by atoms with Crippen LogP contribution >= 0.6 is 0 Å². The fourth-order valence-corrected chi connectivity index (χ4v) is 6.67. The number of aliphatic hydroxyl groups excluding tert-OH is 1. The lowest BCUT2D eigenvalue weighted by molar-refractivity contribution is -0.0419. The van der Waals surface area contributed by atoms with Crippen molar-refractivity contribution in [2.45, 2.75) is 71.6 Å². The molecule has 112 valence electrons. The van der Waals surface area contributed by atoms with E-state index in [1.807, 2.05) is 0 Å². The molecular weight excluding hydrogens is 244 g/mol. The molecule has 4 rings (SSSR count). The SMILES string of the molecule is CC1=C(O)[C@H]2C(CC1)CC[C@@H]1[C@@H]2CC[C@]2(C)CCC[C@@H]12. The van der Waals surface area contributed by atoms with Crippen LogP contribution in [0, 0.1) is 35.0 Å². The van der Waals surface area contributed by atoms with Crippen LogP contribution in [0.3, 0.4) is 0 Å². The van der Waals surface area contributed by atoms with Gasteiger partial charge in [-0.2, -0.15) is 0 Å². The smallest absolute Gasteiger partial charge is 0.0948 e. The van der Waals surface area contributed by atoms with Crippen molar-refractivity contribution < 1.29 is 5.11 Å². The molecule has 0 aromatic carbocycles. The Labute approximate surface area is 123 Å². The summed E-state index contributed by atoms with van der Waals surface area (Å²) in [5, 5.41) is 10.7. The number of rotatable bonds is 0. The quantitative estimate of drug-likeness (QED) is 0.621. The van der Waals surface area contributed by atoms with Crippen molar-refractivity contribution in [1.29, 1.82) is 0 Å². The van der Waals surface area contributed by atoms with Crippen molar-refractivity contribution in [3.8, 4) is 0 Å². The first-order chi connectivity index (χ1) is 9.60.